The molecule has 24 heavy (non-hydrogen) atoms. The molecule has 0 fully saturated rings. The average Bonchev–Trinajstić information content (AvgIpc) is 3.20. The van der Waals surface area contributed by atoms with Crippen LogP contribution < -0.4 is 10.2 Å². The monoisotopic (exact) mass is 334 g/mol. The van der Waals surface area contributed by atoms with Gasteiger partial charge in [0.25, 0.3) is 0 Å². The highest BCUT2D eigenvalue weighted by Gasteiger charge is 2.28. The molecular weight excluding hydrogens is 318 g/mol. The molecule has 2 heterocycles. The first kappa shape index (κ1) is 16.1. The van der Waals surface area contributed by atoms with E-state index >= 15 is 0 Å². The number of imidazole rings is 1. The van der Waals surface area contributed by atoms with E-state index in [1.807, 2.05) is 18.2 Å². The molecule has 6 nitrogen and oxygen atoms in total. The molecule has 0 unspecified atom stereocenters. The van der Waals surface area contributed by atoms with Gasteiger partial charge in [0.1, 0.15) is 5.82 Å². The van der Waals surface area contributed by atoms with E-state index in [0.29, 0.717) is 13.0 Å². The topological polar surface area (TPSA) is 67.2 Å². The zero-order valence-corrected chi connectivity index (χ0v) is 12.8. The van der Waals surface area contributed by atoms with Crippen molar-refractivity contribution in [1.29, 1.82) is 0 Å². The van der Waals surface area contributed by atoms with Crippen LogP contribution in [-0.2, 0) is 22.4 Å². The van der Waals surface area contributed by atoms with E-state index in [1.165, 1.54) is 17.3 Å². The van der Waals surface area contributed by atoms with Gasteiger partial charge in [0.05, 0.1) is 0 Å². The van der Waals surface area contributed by atoms with Gasteiger partial charge in [-0.1, -0.05) is 18.2 Å². The zero-order valence-electron chi connectivity index (χ0n) is 12.8. The third-order valence-corrected chi connectivity index (χ3v) is 3.92. The Hall–Kier alpha value is -2.77. The van der Waals surface area contributed by atoms with E-state index in [2.05, 4.69) is 10.3 Å². The minimum absolute atomic E-state index is 0.0593. The maximum atomic E-state index is 12.7. The fourth-order valence-electron chi connectivity index (χ4n) is 2.75. The van der Waals surface area contributed by atoms with E-state index < -0.39 is 18.4 Å². The first-order chi connectivity index (χ1) is 11.6. The molecule has 1 aromatic heterocycles. The number of aromatic nitrogens is 2. The van der Waals surface area contributed by atoms with Crippen molar-refractivity contribution in [1.82, 2.24) is 14.9 Å². The van der Waals surface area contributed by atoms with Gasteiger partial charge in [-0.25, -0.2) is 4.98 Å². The Morgan fingerprint density at radius 2 is 2.08 bits per heavy atom. The summed E-state index contributed by atoms with van der Waals surface area (Å²) in [4.78, 5) is 29.5. The van der Waals surface area contributed by atoms with Crippen LogP contribution in [0.15, 0.2) is 36.7 Å². The first-order valence-corrected chi connectivity index (χ1v) is 7.55. The van der Waals surface area contributed by atoms with Crippen LogP contribution in [-0.4, -0.2) is 34.5 Å². The first-order valence-electron chi connectivity index (χ1n) is 7.55. The van der Waals surface area contributed by atoms with Gasteiger partial charge in [-0.2, -0.15) is 8.78 Å². The molecule has 2 amide bonds. The number of rotatable bonds is 4. The number of alkyl halides is 2. The lowest BCUT2D eigenvalue weighted by atomic mass is 10.2. The summed E-state index contributed by atoms with van der Waals surface area (Å²) < 4.78 is 26.1. The number of halogens is 2. The van der Waals surface area contributed by atoms with Crippen LogP contribution in [0.3, 0.4) is 0 Å². The number of carbonyl (C=O) groups is 2. The average molecular weight is 334 g/mol. The molecule has 1 aliphatic rings. The molecular formula is C16H16F2N4O2. The lowest BCUT2D eigenvalue weighted by molar-refractivity contribution is -0.137. The number of carbonyl (C=O) groups excluding carboxylic acids is 2. The Balaban J connectivity index is 1.56. The molecule has 1 N–H and O–H groups in total. The number of hydrogen-bond acceptors (Lipinski definition) is 3. The number of anilines is 1. The smallest absolute Gasteiger partial charge is 0.319 e. The summed E-state index contributed by atoms with van der Waals surface area (Å²) in [6.07, 6.45) is 3.28. The van der Waals surface area contributed by atoms with E-state index in [9.17, 15) is 18.4 Å². The second kappa shape index (κ2) is 6.77. The van der Waals surface area contributed by atoms with Crippen LogP contribution in [0, 0.1) is 0 Å². The molecule has 2 aromatic rings. The largest absolute Gasteiger partial charge is 0.347 e. The molecule has 0 spiro atoms. The number of nitrogens with one attached hydrogen (secondary N) is 1. The van der Waals surface area contributed by atoms with E-state index in [1.54, 1.807) is 6.07 Å². The Bertz CT molecular complexity index is 760. The Labute approximate surface area is 137 Å². The van der Waals surface area contributed by atoms with E-state index in [4.69, 9.17) is 0 Å². The summed E-state index contributed by atoms with van der Waals surface area (Å²) in [6, 6.07) is 7.42. The van der Waals surface area contributed by atoms with Gasteiger partial charge in [0.15, 0.2) is 0 Å². The summed E-state index contributed by atoms with van der Waals surface area (Å²) >= 11 is 0. The maximum Gasteiger partial charge on any atom is 0.319 e. The van der Waals surface area contributed by atoms with Crippen molar-refractivity contribution in [3.63, 3.8) is 0 Å². The maximum absolute atomic E-state index is 12.7. The standard InChI is InChI=1S/C16H16F2N4O2/c17-16(18)22-10-8-19-13(22)5-7-20-14(23)15(24)21-9-6-11-3-1-2-4-12(11)21/h1-4,8,10,16H,5-7,9H2,(H,20,23). The fraction of sp³-hybridized carbons (Fsp3) is 0.312. The molecule has 0 saturated carbocycles. The van der Waals surface area contributed by atoms with Crippen molar-refractivity contribution in [3.8, 4) is 0 Å². The number of fused-ring (bicyclic) bond motifs is 1. The Morgan fingerprint density at radius 1 is 1.29 bits per heavy atom. The van der Waals surface area contributed by atoms with Crippen molar-refractivity contribution in [2.24, 2.45) is 0 Å². The van der Waals surface area contributed by atoms with Crippen LogP contribution in [0.5, 0.6) is 0 Å². The van der Waals surface area contributed by atoms with Gasteiger partial charge < -0.3 is 10.2 Å². The van der Waals surface area contributed by atoms with Crippen molar-refractivity contribution >= 4 is 17.5 Å². The van der Waals surface area contributed by atoms with Crippen molar-refractivity contribution in [2.75, 3.05) is 18.0 Å². The molecule has 8 heteroatoms. The lowest BCUT2D eigenvalue weighted by Gasteiger charge is -2.16. The number of para-hydroxylation sites is 1. The quantitative estimate of drug-likeness (QED) is 0.862. The van der Waals surface area contributed by atoms with Gasteiger partial charge >= 0.3 is 18.4 Å². The second-order valence-corrected chi connectivity index (χ2v) is 5.37. The number of amides is 2. The minimum Gasteiger partial charge on any atom is -0.347 e. The van der Waals surface area contributed by atoms with Crippen LogP contribution in [0.2, 0.25) is 0 Å². The predicted octanol–water partition coefficient (Wildman–Crippen LogP) is 1.53. The third-order valence-electron chi connectivity index (χ3n) is 3.92. The Kier molecular flexibility index (Phi) is 4.54. The van der Waals surface area contributed by atoms with Gasteiger partial charge in [0, 0.05) is 37.6 Å². The number of nitrogens with zero attached hydrogens (tertiary/aromatic N) is 3. The lowest BCUT2D eigenvalue weighted by Crippen LogP contribution is -2.43. The molecule has 1 aromatic carbocycles. The van der Waals surface area contributed by atoms with Crippen LogP contribution in [0.4, 0.5) is 14.5 Å². The molecule has 0 radical (unpaired) electrons. The van der Waals surface area contributed by atoms with Crippen LogP contribution >= 0.6 is 0 Å². The molecule has 0 saturated heterocycles. The summed E-state index contributed by atoms with van der Waals surface area (Å²) in [5.74, 6) is -1.23. The summed E-state index contributed by atoms with van der Waals surface area (Å²) in [5, 5.41) is 2.47. The highest BCUT2D eigenvalue weighted by atomic mass is 19.3. The molecule has 3 rings (SSSR count). The van der Waals surface area contributed by atoms with Gasteiger partial charge in [-0.3, -0.25) is 14.2 Å². The number of hydrogen-bond donors (Lipinski definition) is 1. The van der Waals surface area contributed by atoms with Crippen molar-refractivity contribution in [2.45, 2.75) is 19.4 Å². The number of benzene rings is 1. The summed E-state index contributed by atoms with van der Waals surface area (Å²) in [7, 11) is 0. The fourth-order valence-corrected chi connectivity index (χ4v) is 2.75. The molecule has 0 atom stereocenters. The third kappa shape index (κ3) is 3.12. The molecule has 1 aliphatic heterocycles. The molecule has 0 aliphatic carbocycles. The Morgan fingerprint density at radius 3 is 2.88 bits per heavy atom. The van der Waals surface area contributed by atoms with E-state index in [-0.39, 0.29) is 18.8 Å². The highest BCUT2D eigenvalue weighted by molar-refractivity contribution is 6.40. The second-order valence-electron chi connectivity index (χ2n) is 5.37. The zero-order chi connectivity index (χ0) is 17.1. The van der Waals surface area contributed by atoms with Gasteiger partial charge in [0.2, 0.25) is 0 Å². The van der Waals surface area contributed by atoms with Crippen molar-refractivity contribution in [3.05, 3.63) is 48.0 Å². The van der Waals surface area contributed by atoms with Gasteiger partial charge in [-0.05, 0) is 18.1 Å². The van der Waals surface area contributed by atoms with E-state index in [0.717, 1.165) is 15.8 Å². The molecule has 0 bridgehead atoms. The van der Waals surface area contributed by atoms with Crippen LogP contribution in [0.25, 0.3) is 0 Å². The summed E-state index contributed by atoms with van der Waals surface area (Å²) in [5.41, 5.74) is 1.77. The molecule has 126 valence electrons. The minimum atomic E-state index is -2.68. The normalized spacial score (nSPS) is 13.2. The van der Waals surface area contributed by atoms with Crippen LogP contribution in [0.1, 0.15) is 17.9 Å². The summed E-state index contributed by atoms with van der Waals surface area (Å²) in [6.45, 7) is -2.16. The van der Waals surface area contributed by atoms with Gasteiger partial charge in [-0.15, -0.1) is 0 Å². The highest BCUT2D eigenvalue weighted by Crippen LogP contribution is 2.27. The predicted molar refractivity (Wildman–Crippen MR) is 82.7 cm³/mol. The SMILES string of the molecule is O=C(NCCc1nccn1C(F)F)C(=O)N1CCc2ccccc21. The van der Waals surface area contributed by atoms with Crippen molar-refractivity contribution < 1.29 is 18.4 Å².